The Labute approximate surface area is 260 Å². The van der Waals surface area contributed by atoms with E-state index in [1.54, 1.807) is 12.1 Å². The van der Waals surface area contributed by atoms with Crippen molar-refractivity contribution in [1.29, 1.82) is 0 Å². The van der Waals surface area contributed by atoms with Crippen LogP contribution in [0.4, 0.5) is 0 Å². The third-order valence-corrected chi connectivity index (χ3v) is 7.99. The van der Waals surface area contributed by atoms with Gasteiger partial charge in [0.25, 0.3) is 0 Å². The minimum atomic E-state index is -0.410. The molecule has 8 nitrogen and oxygen atoms in total. The van der Waals surface area contributed by atoms with Crippen molar-refractivity contribution in [3.63, 3.8) is 0 Å². The van der Waals surface area contributed by atoms with Gasteiger partial charge in [-0.2, -0.15) is 0 Å². The van der Waals surface area contributed by atoms with E-state index >= 15 is 0 Å². The summed E-state index contributed by atoms with van der Waals surface area (Å²) < 4.78 is 28.7. The number of fused-ring (bicyclic) bond motifs is 7. The summed E-state index contributed by atoms with van der Waals surface area (Å²) in [5.74, 6) is 0.737. The number of aryl methyl sites for hydroxylation is 1. The van der Waals surface area contributed by atoms with Crippen molar-refractivity contribution in [2.24, 2.45) is 0 Å². The van der Waals surface area contributed by atoms with Crippen LogP contribution in [0, 0.1) is 6.92 Å². The van der Waals surface area contributed by atoms with Gasteiger partial charge < -0.3 is 23.7 Å². The van der Waals surface area contributed by atoms with Gasteiger partial charge in [0.2, 0.25) is 0 Å². The molecule has 8 heteroatoms. The maximum Gasteiger partial charge on any atom is 0.343 e. The molecular formula is C37H34N2O6. The Morgan fingerprint density at radius 2 is 1.51 bits per heavy atom. The van der Waals surface area contributed by atoms with Crippen molar-refractivity contribution < 1.29 is 28.5 Å². The molecule has 0 N–H and O–H groups in total. The summed E-state index contributed by atoms with van der Waals surface area (Å²) >= 11 is 0. The lowest BCUT2D eigenvalue weighted by molar-refractivity contribution is -0.169. The van der Waals surface area contributed by atoms with Gasteiger partial charge in [0.05, 0.1) is 47.5 Å². The molecular weight excluding hydrogens is 568 g/mol. The lowest BCUT2D eigenvalue weighted by Gasteiger charge is -2.22. The molecule has 1 saturated heterocycles. The highest BCUT2D eigenvalue weighted by Gasteiger charge is 2.16. The summed E-state index contributed by atoms with van der Waals surface area (Å²) in [5.41, 5.74) is 4.63. The summed E-state index contributed by atoms with van der Waals surface area (Å²) in [7, 11) is 0. The third kappa shape index (κ3) is 6.44. The molecule has 1 unspecified atom stereocenters. The molecule has 0 spiro atoms. The Kier molecular flexibility index (Phi) is 8.51. The normalized spacial score (nSPS) is 15.2. The summed E-state index contributed by atoms with van der Waals surface area (Å²) in [4.78, 5) is 23.0. The molecule has 0 bridgehead atoms. The van der Waals surface area contributed by atoms with Gasteiger partial charge in [-0.15, -0.1) is 0 Å². The SMILES string of the molecule is Cc1ccc2c3ccc(OC(=O)c4ccccc4)cc3c3nc4ccc(OCCOCCOC5CCCCO5)cc4nc3c2c1. The molecule has 5 aromatic carbocycles. The highest BCUT2D eigenvalue weighted by atomic mass is 16.7. The van der Waals surface area contributed by atoms with Gasteiger partial charge in [0, 0.05) is 23.4 Å². The Hall–Kier alpha value is -4.63. The largest absolute Gasteiger partial charge is 0.491 e. The van der Waals surface area contributed by atoms with Crippen LogP contribution >= 0.6 is 0 Å². The van der Waals surface area contributed by atoms with E-state index in [1.165, 1.54) is 0 Å². The number of benzene rings is 5. The molecule has 1 aliphatic rings. The van der Waals surface area contributed by atoms with Crippen LogP contribution in [0.15, 0.2) is 84.9 Å². The molecule has 0 amide bonds. The number of carbonyl (C=O) groups excluding carboxylic acids is 1. The first-order valence-corrected chi connectivity index (χ1v) is 15.4. The van der Waals surface area contributed by atoms with E-state index in [1.807, 2.05) is 54.6 Å². The Balaban J connectivity index is 1.13. The van der Waals surface area contributed by atoms with E-state index in [4.69, 9.17) is 33.7 Å². The minimum Gasteiger partial charge on any atom is -0.491 e. The van der Waals surface area contributed by atoms with Crippen molar-refractivity contribution in [3.05, 3.63) is 96.1 Å². The second-order valence-corrected chi connectivity index (χ2v) is 11.2. The van der Waals surface area contributed by atoms with Gasteiger partial charge in [-0.25, -0.2) is 14.8 Å². The number of ether oxygens (including phenoxy) is 5. The van der Waals surface area contributed by atoms with Gasteiger partial charge in [-0.3, -0.25) is 0 Å². The molecule has 228 valence electrons. The molecule has 1 aromatic heterocycles. The van der Waals surface area contributed by atoms with Crippen molar-refractivity contribution >= 4 is 49.6 Å². The monoisotopic (exact) mass is 602 g/mol. The molecule has 45 heavy (non-hydrogen) atoms. The average Bonchev–Trinajstić information content (AvgIpc) is 3.08. The number of nitrogens with zero attached hydrogens (tertiary/aromatic N) is 2. The van der Waals surface area contributed by atoms with Crippen LogP contribution in [0.5, 0.6) is 11.5 Å². The zero-order valence-corrected chi connectivity index (χ0v) is 25.2. The van der Waals surface area contributed by atoms with Crippen LogP contribution < -0.4 is 9.47 Å². The smallest absolute Gasteiger partial charge is 0.343 e. The standard InChI is InChI=1S/C37H34N2O6/c1-24-10-13-28-29-14-11-27(45-37(40)25-7-3-2-4-8-25)22-31(29)36-35(30(28)21-24)39-33-23-26(12-15-32(33)38-36)42-19-17-41-18-20-44-34-9-5-6-16-43-34/h2-4,7-8,10-15,21-23,34H,5-6,9,16-20H2,1H3. The first-order valence-electron chi connectivity index (χ1n) is 15.4. The molecule has 1 fully saturated rings. The van der Waals surface area contributed by atoms with E-state index in [9.17, 15) is 4.79 Å². The van der Waals surface area contributed by atoms with Crippen molar-refractivity contribution in [2.75, 3.05) is 33.0 Å². The summed E-state index contributed by atoms with van der Waals surface area (Å²) in [5, 5.41) is 3.95. The topological polar surface area (TPSA) is 89.0 Å². The van der Waals surface area contributed by atoms with Gasteiger partial charge >= 0.3 is 5.97 Å². The number of hydrogen-bond acceptors (Lipinski definition) is 8. The average molecular weight is 603 g/mol. The predicted octanol–water partition coefficient (Wildman–Crippen LogP) is 7.56. The molecule has 1 atom stereocenters. The van der Waals surface area contributed by atoms with Crippen LogP contribution in [-0.2, 0) is 14.2 Å². The number of esters is 1. The fourth-order valence-electron chi connectivity index (χ4n) is 5.75. The molecule has 2 heterocycles. The summed E-state index contributed by atoms with van der Waals surface area (Å²) in [6.07, 6.45) is 3.09. The summed E-state index contributed by atoms with van der Waals surface area (Å²) in [6, 6.07) is 26.7. The summed E-state index contributed by atoms with van der Waals surface area (Å²) in [6.45, 7) is 4.69. The fraction of sp³-hybridized carbons (Fsp3) is 0.270. The van der Waals surface area contributed by atoms with E-state index in [-0.39, 0.29) is 6.29 Å². The maximum atomic E-state index is 12.8. The number of hydrogen-bond donors (Lipinski definition) is 0. The third-order valence-electron chi connectivity index (χ3n) is 7.99. The maximum absolute atomic E-state index is 12.8. The highest BCUT2D eigenvalue weighted by Crippen LogP contribution is 2.37. The van der Waals surface area contributed by atoms with Crippen molar-refractivity contribution in [1.82, 2.24) is 9.97 Å². The van der Waals surface area contributed by atoms with Crippen LogP contribution in [-0.4, -0.2) is 55.3 Å². The minimum absolute atomic E-state index is 0.105. The predicted molar refractivity (Wildman–Crippen MR) is 174 cm³/mol. The van der Waals surface area contributed by atoms with Crippen LogP contribution in [0.3, 0.4) is 0 Å². The second kappa shape index (κ2) is 13.2. The molecule has 7 rings (SSSR count). The van der Waals surface area contributed by atoms with Crippen LogP contribution in [0.1, 0.15) is 35.2 Å². The molecule has 6 aromatic rings. The van der Waals surface area contributed by atoms with Gasteiger partial charge in [0.1, 0.15) is 18.1 Å². The lowest BCUT2D eigenvalue weighted by atomic mass is 9.97. The number of rotatable bonds is 10. The number of aromatic nitrogens is 2. The van der Waals surface area contributed by atoms with E-state index in [0.717, 1.165) is 75.0 Å². The zero-order chi connectivity index (χ0) is 30.6. The van der Waals surface area contributed by atoms with Gasteiger partial charge in [-0.1, -0.05) is 35.9 Å². The van der Waals surface area contributed by atoms with E-state index < -0.39 is 5.97 Å². The van der Waals surface area contributed by atoms with Gasteiger partial charge in [0.15, 0.2) is 6.29 Å². The number of carbonyl (C=O) groups is 1. The Bertz CT molecular complexity index is 1990. The quantitative estimate of drug-likeness (QED) is 0.0522. The second-order valence-electron chi connectivity index (χ2n) is 11.2. The lowest BCUT2D eigenvalue weighted by Crippen LogP contribution is -2.24. The van der Waals surface area contributed by atoms with Gasteiger partial charge in [-0.05, 0) is 85.5 Å². The van der Waals surface area contributed by atoms with E-state index in [0.29, 0.717) is 43.5 Å². The fourth-order valence-corrected chi connectivity index (χ4v) is 5.75. The Morgan fingerprint density at radius 3 is 2.33 bits per heavy atom. The van der Waals surface area contributed by atoms with Crippen molar-refractivity contribution in [2.45, 2.75) is 32.5 Å². The Morgan fingerprint density at radius 1 is 0.756 bits per heavy atom. The molecule has 0 radical (unpaired) electrons. The van der Waals surface area contributed by atoms with Crippen LogP contribution in [0.2, 0.25) is 0 Å². The first kappa shape index (κ1) is 29.1. The van der Waals surface area contributed by atoms with Crippen LogP contribution in [0.25, 0.3) is 43.6 Å². The molecule has 0 saturated carbocycles. The molecule has 0 aliphatic carbocycles. The highest BCUT2D eigenvalue weighted by molar-refractivity contribution is 6.24. The zero-order valence-electron chi connectivity index (χ0n) is 25.2. The molecule has 1 aliphatic heterocycles. The first-order chi connectivity index (χ1) is 22.1. The van der Waals surface area contributed by atoms with E-state index in [2.05, 4.69) is 25.1 Å². The van der Waals surface area contributed by atoms with Crippen molar-refractivity contribution in [3.8, 4) is 11.5 Å².